The molecular formula is C16H25NO4. The van der Waals surface area contributed by atoms with Gasteiger partial charge in [-0.1, -0.05) is 19.9 Å². The average molecular weight is 295 g/mol. The Morgan fingerprint density at radius 1 is 1.29 bits per heavy atom. The largest absolute Gasteiger partial charge is 0.496 e. The number of carbonyl (C=O) groups is 1. The fourth-order valence-electron chi connectivity index (χ4n) is 2.25. The second-order valence-corrected chi connectivity index (χ2v) is 5.45. The Bertz CT molecular complexity index is 473. The second-order valence-electron chi connectivity index (χ2n) is 5.45. The summed E-state index contributed by atoms with van der Waals surface area (Å²) < 4.78 is 10.5. The van der Waals surface area contributed by atoms with Crippen molar-refractivity contribution in [1.29, 1.82) is 0 Å². The number of hydrogen-bond donors (Lipinski definition) is 2. The van der Waals surface area contributed by atoms with Crippen molar-refractivity contribution < 1.29 is 19.4 Å². The summed E-state index contributed by atoms with van der Waals surface area (Å²) in [6, 6.07) is 5.16. The van der Waals surface area contributed by atoms with Crippen LogP contribution < -0.4 is 10.1 Å². The Kier molecular flexibility index (Phi) is 6.65. The van der Waals surface area contributed by atoms with Crippen LogP contribution in [0.5, 0.6) is 5.75 Å². The minimum absolute atomic E-state index is 0.0154. The Morgan fingerprint density at radius 2 is 1.95 bits per heavy atom. The lowest BCUT2D eigenvalue weighted by Crippen LogP contribution is -2.42. The minimum Gasteiger partial charge on any atom is -0.496 e. The zero-order valence-corrected chi connectivity index (χ0v) is 13.3. The summed E-state index contributed by atoms with van der Waals surface area (Å²) >= 11 is 0. The molecule has 5 nitrogen and oxygen atoms in total. The molecule has 0 radical (unpaired) electrons. The molecule has 0 aromatic heterocycles. The Balaban J connectivity index is 2.93. The first kappa shape index (κ1) is 17.5. The molecule has 0 bridgehead atoms. The van der Waals surface area contributed by atoms with E-state index in [4.69, 9.17) is 9.47 Å². The van der Waals surface area contributed by atoms with Crippen LogP contribution in [0.3, 0.4) is 0 Å². The number of hydrogen-bond acceptors (Lipinski definition) is 4. The van der Waals surface area contributed by atoms with Gasteiger partial charge in [0.1, 0.15) is 11.8 Å². The van der Waals surface area contributed by atoms with E-state index in [0.717, 1.165) is 16.9 Å². The lowest BCUT2D eigenvalue weighted by Gasteiger charge is -2.24. The van der Waals surface area contributed by atoms with Crippen LogP contribution in [0.2, 0.25) is 0 Å². The van der Waals surface area contributed by atoms with Crippen LogP contribution in [0.25, 0.3) is 0 Å². The van der Waals surface area contributed by atoms with Crippen LogP contribution in [-0.2, 0) is 16.1 Å². The summed E-state index contributed by atoms with van der Waals surface area (Å²) in [6.07, 6.45) is 0. The molecule has 1 aromatic carbocycles. The van der Waals surface area contributed by atoms with E-state index >= 15 is 0 Å². The molecule has 2 N–H and O–H groups in total. The van der Waals surface area contributed by atoms with E-state index in [9.17, 15) is 9.90 Å². The lowest BCUT2D eigenvalue weighted by molar-refractivity contribution is -0.140. The average Bonchev–Trinajstić information content (AvgIpc) is 2.44. The van der Waals surface area contributed by atoms with Crippen LogP contribution in [0.15, 0.2) is 18.2 Å². The molecular weight excluding hydrogens is 270 g/mol. The monoisotopic (exact) mass is 295 g/mol. The maximum atomic E-state index is 11.3. The van der Waals surface area contributed by atoms with Crippen molar-refractivity contribution in [3.63, 3.8) is 0 Å². The summed E-state index contributed by atoms with van der Waals surface area (Å²) in [5, 5.41) is 12.4. The summed E-state index contributed by atoms with van der Waals surface area (Å²) in [4.78, 5) is 11.3. The summed E-state index contributed by atoms with van der Waals surface area (Å²) in [7, 11) is 3.25. The van der Waals surface area contributed by atoms with E-state index in [0.29, 0.717) is 6.61 Å². The van der Waals surface area contributed by atoms with Gasteiger partial charge < -0.3 is 14.6 Å². The van der Waals surface area contributed by atoms with Gasteiger partial charge in [-0.15, -0.1) is 0 Å². The first-order chi connectivity index (χ1) is 9.90. The third-order valence-electron chi connectivity index (χ3n) is 3.47. The van der Waals surface area contributed by atoms with Crippen molar-refractivity contribution in [2.24, 2.45) is 5.92 Å². The van der Waals surface area contributed by atoms with Crippen molar-refractivity contribution in [3.05, 3.63) is 29.3 Å². The van der Waals surface area contributed by atoms with Crippen molar-refractivity contribution in [2.75, 3.05) is 14.2 Å². The number of carboxylic acids is 1. The van der Waals surface area contributed by atoms with Crippen molar-refractivity contribution in [1.82, 2.24) is 5.32 Å². The number of nitrogens with one attached hydrogen (secondary N) is 1. The first-order valence-electron chi connectivity index (χ1n) is 7.05. The second kappa shape index (κ2) is 8.00. The van der Waals surface area contributed by atoms with Crippen molar-refractivity contribution >= 4 is 5.97 Å². The summed E-state index contributed by atoms with van der Waals surface area (Å²) in [6.45, 7) is 6.19. The van der Waals surface area contributed by atoms with Crippen LogP contribution in [0.4, 0.5) is 0 Å². The highest BCUT2D eigenvalue weighted by atomic mass is 16.5. The summed E-state index contributed by atoms with van der Waals surface area (Å²) in [5.74, 6) is -0.0458. The standard InChI is InChI=1S/C16H25NO4/c1-10(2)15(16(18)19)17-11(3)12-6-7-14(21-5)13(8-12)9-20-4/h6-8,10-11,15,17H,9H2,1-5H3,(H,18,19). The highest BCUT2D eigenvalue weighted by Crippen LogP contribution is 2.24. The van der Waals surface area contributed by atoms with E-state index in [-0.39, 0.29) is 12.0 Å². The number of methoxy groups -OCH3 is 2. The number of rotatable bonds is 8. The molecule has 0 heterocycles. The number of carboxylic acid groups (broad SMARTS) is 1. The highest BCUT2D eigenvalue weighted by Gasteiger charge is 2.23. The normalized spacial score (nSPS) is 14.0. The molecule has 1 rings (SSSR count). The fraction of sp³-hybridized carbons (Fsp3) is 0.562. The topological polar surface area (TPSA) is 67.8 Å². The summed E-state index contributed by atoms with van der Waals surface area (Å²) in [5.41, 5.74) is 1.96. The molecule has 0 aliphatic heterocycles. The van der Waals surface area contributed by atoms with Gasteiger partial charge in [0.15, 0.2) is 0 Å². The first-order valence-corrected chi connectivity index (χ1v) is 7.05. The molecule has 5 heteroatoms. The molecule has 0 saturated heterocycles. The smallest absolute Gasteiger partial charge is 0.320 e. The van der Waals surface area contributed by atoms with Gasteiger partial charge >= 0.3 is 5.97 Å². The SMILES string of the molecule is COCc1cc(C(C)NC(C(=O)O)C(C)C)ccc1OC. The van der Waals surface area contributed by atoms with Gasteiger partial charge in [0.2, 0.25) is 0 Å². The molecule has 0 amide bonds. The maximum Gasteiger partial charge on any atom is 0.320 e. The van der Waals surface area contributed by atoms with Crippen LogP contribution in [-0.4, -0.2) is 31.3 Å². The van der Waals surface area contributed by atoms with E-state index in [2.05, 4.69) is 5.32 Å². The minimum atomic E-state index is -0.831. The zero-order valence-electron chi connectivity index (χ0n) is 13.3. The van der Waals surface area contributed by atoms with Gasteiger partial charge in [-0.3, -0.25) is 10.1 Å². The molecule has 0 fully saturated rings. The molecule has 1 aromatic rings. The predicted molar refractivity (Wildman–Crippen MR) is 81.5 cm³/mol. The number of benzene rings is 1. The van der Waals surface area contributed by atoms with E-state index in [1.54, 1.807) is 14.2 Å². The molecule has 0 spiro atoms. The molecule has 2 atom stereocenters. The van der Waals surface area contributed by atoms with Crippen LogP contribution in [0.1, 0.15) is 37.9 Å². The van der Waals surface area contributed by atoms with Crippen LogP contribution >= 0.6 is 0 Å². The van der Waals surface area contributed by atoms with Gasteiger partial charge in [-0.05, 0) is 30.5 Å². The molecule has 0 aliphatic carbocycles. The Morgan fingerprint density at radius 3 is 2.43 bits per heavy atom. The van der Waals surface area contributed by atoms with E-state index in [1.165, 1.54) is 0 Å². The molecule has 21 heavy (non-hydrogen) atoms. The molecule has 0 saturated carbocycles. The van der Waals surface area contributed by atoms with Gasteiger partial charge in [0.05, 0.1) is 13.7 Å². The third-order valence-corrected chi connectivity index (χ3v) is 3.47. The molecule has 118 valence electrons. The van der Waals surface area contributed by atoms with Gasteiger partial charge in [-0.25, -0.2) is 0 Å². The lowest BCUT2D eigenvalue weighted by atomic mass is 10.00. The third kappa shape index (κ3) is 4.72. The van der Waals surface area contributed by atoms with Gasteiger partial charge in [0, 0.05) is 18.7 Å². The van der Waals surface area contributed by atoms with Gasteiger partial charge in [0.25, 0.3) is 0 Å². The Labute approximate surface area is 126 Å². The van der Waals surface area contributed by atoms with Crippen LogP contribution in [0, 0.1) is 5.92 Å². The number of aliphatic carboxylic acids is 1. The van der Waals surface area contributed by atoms with Gasteiger partial charge in [-0.2, -0.15) is 0 Å². The molecule has 0 aliphatic rings. The fourth-order valence-corrected chi connectivity index (χ4v) is 2.25. The maximum absolute atomic E-state index is 11.3. The zero-order chi connectivity index (χ0) is 16.0. The quantitative estimate of drug-likeness (QED) is 0.771. The van der Waals surface area contributed by atoms with E-state index < -0.39 is 12.0 Å². The predicted octanol–water partition coefficient (Wildman–Crippen LogP) is 2.60. The van der Waals surface area contributed by atoms with E-state index in [1.807, 2.05) is 39.0 Å². The Hall–Kier alpha value is -1.59. The number of ether oxygens (including phenoxy) is 2. The van der Waals surface area contributed by atoms with Crippen molar-refractivity contribution in [2.45, 2.75) is 39.5 Å². The van der Waals surface area contributed by atoms with Crippen molar-refractivity contribution in [3.8, 4) is 5.75 Å². The highest BCUT2D eigenvalue weighted by molar-refractivity contribution is 5.73. The molecule has 2 unspecified atom stereocenters.